The van der Waals surface area contributed by atoms with Crippen LogP contribution in [0, 0.1) is 0 Å². The van der Waals surface area contributed by atoms with Crippen LogP contribution in [0.15, 0.2) is 47.5 Å². The summed E-state index contributed by atoms with van der Waals surface area (Å²) in [4.78, 5) is 33.0. The molecule has 3 atom stereocenters. The molecular weight excluding hydrogens is 484 g/mol. The number of fused-ring (bicyclic) bond motifs is 2. The molecule has 202 valence electrons. The number of carbonyl (C=O) groups is 2. The number of nitrogens with two attached hydrogens (primary N) is 1. The van der Waals surface area contributed by atoms with Gasteiger partial charge in [0.1, 0.15) is 23.1 Å². The van der Waals surface area contributed by atoms with E-state index in [2.05, 4.69) is 10.3 Å². The third-order valence-electron chi connectivity index (χ3n) is 7.38. The highest BCUT2D eigenvalue weighted by Crippen LogP contribution is 2.48. The highest BCUT2D eigenvalue weighted by molar-refractivity contribution is 6.00. The second kappa shape index (κ2) is 9.01. The molecule has 0 saturated carbocycles. The van der Waals surface area contributed by atoms with Gasteiger partial charge in [0.25, 0.3) is 5.91 Å². The minimum absolute atomic E-state index is 0.130. The molecule has 2 aromatic rings. The van der Waals surface area contributed by atoms with E-state index >= 15 is 0 Å². The van der Waals surface area contributed by atoms with Crippen molar-refractivity contribution in [3.63, 3.8) is 0 Å². The number of aliphatic imine (C=N–C) groups is 1. The van der Waals surface area contributed by atoms with Gasteiger partial charge in [-0.15, -0.1) is 0 Å². The Balaban J connectivity index is 1.49. The number of benzene rings is 2. The molecular formula is C29H36N4O5. The van der Waals surface area contributed by atoms with E-state index in [0.717, 1.165) is 11.3 Å². The van der Waals surface area contributed by atoms with Gasteiger partial charge < -0.3 is 25.3 Å². The molecule has 0 aliphatic carbocycles. The Morgan fingerprint density at radius 1 is 1.11 bits per heavy atom. The van der Waals surface area contributed by atoms with Crippen molar-refractivity contribution in [2.24, 2.45) is 10.7 Å². The Labute approximate surface area is 223 Å². The second-order valence-corrected chi connectivity index (χ2v) is 11.9. The van der Waals surface area contributed by atoms with Crippen molar-refractivity contribution in [2.45, 2.75) is 76.3 Å². The van der Waals surface area contributed by atoms with Crippen LogP contribution in [-0.2, 0) is 9.53 Å². The van der Waals surface area contributed by atoms with E-state index in [1.807, 2.05) is 58.9 Å². The van der Waals surface area contributed by atoms with Gasteiger partial charge in [0.2, 0.25) is 5.91 Å². The van der Waals surface area contributed by atoms with Crippen molar-refractivity contribution in [1.82, 2.24) is 10.2 Å². The summed E-state index contributed by atoms with van der Waals surface area (Å²) in [6.07, 6.45) is 0.838. The zero-order valence-electron chi connectivity index (χ0n) is 22.8. The summed E-state index contributed by atoms with van der Waals surface area (Å²) in [6, 6.07) is 12.2. The Hall–Kier alpha value is -3.59. The lowest BCUT2D eigenvalue weighted by Gasteiger charge is -2.41. The quantitative estimate of drug-likeness (QED) is 0.618. The first-order valence-corrected chi connectivity index (χ1v) is 12.9. The number of para-hydroxylation sites is 1. The zero-order chi connectivity index (χ0) is 27.5. The molecule has 3 N–H and O–H groups in total. The number of hydrogen-bond acceptors (Lipinski definition) is 7. The van der Waals surface area contributed by atoms with Crippen molar-refractivity contribution in [3.8, 4) is 11.5 Å². The van der Waals surface area contributed by atoms with Crippen LogP contribution in [0.1, 0.15) is 81.0 Å². The van der Waals surface area contributed by atoms with E-state index in [1.54, 1.807) is 25.3 Å². The molecule has 3 heterocycles. The number of hydrogen-bond donors (Lipinski definition) is 2. The maximum atomic E-state index is 13.6. The standard InChI is InChI=1S/C29H36N4O5/c1-27(2)15-23(34)33(26(30)32-27)24-19-13-17(11-12-22(19)38-29(24,5)16-36-6)25(35)31-20-14-28(3,4)37-21-10-8-7-9-18(20)21/h7-13,20,24H,14-16H2,1-6H3,(H2,30,32)(H,31,35)/t20-,24?,29?/m0/s1. The first-order valence-electron chi connectivity index (χ1n) is 12.9. The van der Waals surface area contributed by atoms with Crippen LogP contribution < -0.4 is 20.5 Å². The molecule has 0 fully saturated rings. The number of amides is 2. The first kappa shape index (κ1) is 26.0. The fraction of sp³-hybridized carbons (Fsp3) is 0.483. The van der Waals surface area contributed by atoms with Crippen LogP contribution in [0.2, 0.25) is 0 Å². The molecule has 38 heavy (non-hydrogen) atoms. The topological polar surface area (TPSA) is 115 Å². The van der Waals surface area contributed by atoms with E-state index < -0.39 is 22.8 Å². The Bertz CT molecular complexity index is 1320. The van der Waals surface area contributed by atoms with Gasteiger partial charge in [0, 0.05) is 30.2 Å². The Kier molecular flexibility index (Phi) is 6.17. The van der Waals surface area contributed by atoms with Gasteiger partial charge in [0.05, 0.1) is 24.6 Å². The third kappa shape index (κ3) is 4.60. The fourth-order valence-corrected chi connectivity index (χ4v) is 5.87. The van der Waals surface area contributed by atoms with Crippen LogP contribution in [0.5, 0.6) is 11.5 Å². The minimum Gasteiger partial charge on any atom is -0.487 e. The third-order valence-corrected chi connectivity index (χ3v) is 7.38. The van der Waals surface area contributed by atoms with E-state index in [0.29, 0.717) is 23.3 Å². The Morgan fingerprint density at radius 3 is 2.53 bits per heavy atom. The normalized spacial score (nSPS) is 26.9. The molecule has 0 radical (unpaired) electrons. The molecule has 0 aromatic heterocycles. The van der Waals surface area contributed by atoms with E-state index in [9.17, 15) is 9.59 Å². The smallest absolute Gasteiger partial charge is 0.251 e. The van der Waals surface area contributed by atoms with E-state index in [1.165, 1.54) is 4.90 Å². The van der Waals surface area contributed by atoms with Gasteiger partial charge in [-0.3, -0.25) is 14.5 Å². The van der Waals surface area contributed by atoms with Crippen molar-refractivity contribution < 1.29 is 23.8 Å². The summed E-state index contributed by atoms with van der Waals surface area (Å²) in [5.74, 6) is 1.10. The highest BCUT2D eigenvalue weighted by atomic mass is 16.5. The molecule has 2 amide bonds. The average Bonchev–Trinajstić information content (AvgIpc) is 3.08. The lowest BCUT2D eigenvalue weighted by molar-refractivity contribution is -0.135. The largest absolute Gasteiger partial charge is 0.487 e. The SMILES string of the molecule is COCC1(C)Oc2ccc(C(=O)N[C@H]3CC(C)(C)Oc4ccccc43)cc2C1N1C(=O)CC(C)(C)N=C1N. The number of carbonyl (C=O) groups excluding carboxylic acids is 2. The van der Waals surface area contributed by atoms with Crippen LogP contribution in [0.25, 0.3) is 0 Å². The van der Waals surface area contributed by atoms with E-state index in [-0.39, 0.29) is 36.8 Å². The molecule has 0 saturated heterocycles. The molecule has 0 spiro atoms. The number of nitrogens with one attached hydrogen (secondary N) is 1. The fourth-order valence-electron chi connectivity index (χ4n) is 5.87. The van der Waals surface area contributed by atoms with Gasteiger partial charge >= 0.3 is 0 Å². The number of rotatable bonds is 5. The molecule has 0 bridgehead atoms. The molecule has 5 rings (SSSR count). The summed E-state index contributed by atoms with van der Waals surface area (Å²) in [6.45, 7) is 9.86. The molecule has 2 aromatic carbocycles. The molecule has 9 heteroatoms. The summed E-state index contributed by atoms with van der Waals surface area (Å²) < 4.78 is 17.9. The molecule has 3 aliphatic heterocycles. The van der Waals surface area contributed by atoms with Gasteiger partial charge in [-0.2, -0.15) is 0 Å². The van der Waals surface area contributed by atoms with Crippen LogP contribution in [-0.4, -0.2) is 53.1 Å². The molecule has 3 aliphatic rings. The Morgan fingerprint density at radius 2 is 1.82 bits per heavy atom. The minimum atomic E-state index is -0.923. The van der Waals surface area contributed by atoms with Gasteiger partial charge in [-0.05, 0) is 58.9 Å². The maximum Gasteiger partial charge on any atom is 0.251 e. The first-order chi connectivity index (χ1) is 17.8. The zero-order valence-corrected chi connectivity index (χ0v) is 22.8. The maximum absolute atomic E-state index is 13.6. The number of ether oxygens (including phenoxy) is 3. The van der Waals surface area contributed by atoms with Crippen molar-refractivity contribution >= 4 is 17.8 Å². The van der Waals surface area contributed by atoms with Gasteiger partial charge in [-0.1, -0.05) is 18.2 Å². The van der Waals surface area contributed by atoms with Crippen molar-refractivity contribution in [2.75, 3.05) is 13.7 Å². The number of guanidine groups is 1. The predicted octanol–water partition coefficient (Wildman–Crippen LogP) is 3.88. The number of methoxy groups -OCH3 is 1. The van der Waals surface area contributed by atoms with Crippen LogP contribution >= 0.6 is 0 Å². The lowest BCUT2D eigenvalue weighted by Crippen LogP contribution is -2.57. The molecule has 9 nitrogen and oxygen atoms in total. The molecule has 2 unspecified atom stereocenters. The summed E-state index contributed by atoms with van der Waals surface area (Å²) >= 11 is 0. The van der Waals surface area contributed by atoms with Crippen molar-refractivity contribution in [1.29, 1.82) is 0 Å². The highest BCUT2D eigenvalue weighted by Gasteiger charge is 2.52. The number of nitrogens with zero attached hydrogens (tertiary/aromatic N) is 2. The van der Waals surface area contributed by atoms with Crippen LogP contribution in [0.3, 0.4) is 0 Å². The second-order valence-electron chi connectivity index (χ2n) is 11.9. The van der Waals surface area contributed by atoms with E-state index in [4.69, 9.17) is 19.9 Å². The van der Waals surface area contributed by atoms with Gasteiger partial charge in [-0.25, -0.2) is 4.99 Å². The lowest BCUT2D eigenvalue weighted by atomic mass is 9.88. The van der Waals surface area contributed by atoms with Gasteiger partial charge in [0.15, 0.2) is 11.6 Å². The monoisotopic (exact) mass is 520 g/mol. The van der Waals surface area contributed by atoms with Crippen molar-refractivity contribution in [3.05, 3.63) is 59.2 Å². The summed E-state index contributed by atoms with van der Waals surface area (Å²) in [7, 11) is 1.58. The summed E-state index contributed by atoms with van der Waals surface area (Å²) in [5.41, 5.74) is 6.51. The predicted molar refractivity (Wildman–Crippen MR) is 143 cm³/mol. The summed E-state index contributed by atoms with van der Waals surface area (Å²) in [5, 5.41) is 3.19. The average molecular weight is 521 g/mol. The van der Waals surface area contributed by atoms with Crippen LogP contribution in [0.4, 0.5) is 0 Å².